The van der Waals surface area contributed by atoms with Crippen molar-refractivity contribution >= 4 is 14.1 Å². The summed E-state index contributed by atoms with van der Waals surface area (Å²) in [4.78, 5) is 0. The normalized spacial score (nSPS) is 23.2. The molecule has 0 bridgehead atoms. The fourth-order valence-electron chi connectivity index (χ4n) is 1.44. The van der Waals surface area contributed by atoms with Gasteiger partial charge in [0.15, 0.2) is 0 Å². The molecule has 0 saturated carbocycles. The van der Waals surface area contributed by atoms with Crippen molar-refractivity contribution in [2.24, 2.45) is 0 Å². The smallest absolute Gasteiger partial charge is 0.148 e. The minimum absolute atomic E-state index is 0.127. The van der Waals surface area contributed by atoms with E-state index in [-0.39, 0.29) is 12.2 Å². The van der Waals surface area contributed by atoms with Crippen LogP contribution in [0.2, 0.25) is 19.6 Å². The highest BCUT2D eigenvalue weighted by atomic mass is 28.3. The third-order valence-corrected chi connectivity index (χ3v) is 3.29. The molecule has 0 unspecified atom stereocenters. The summed E-state index contributed by atoms with van der Waals surface area (Å²) >= 11 is 0. The van der Waals surface area contributed by atoms with Gasteiger partial charge in [-0.15, -0.1) is 5.54 Å². The van der Waals surface area contributed by atoms with E-state index < -0.39 is 8.07 Å². The van der Waals surface area contributed by atoms with E-state index in [0.717, 1.165) is 0 Å². The Balaban J connectivity index is 1.88. The van der Waals surface area contributed by atoms with E-state index in [1.165, 1.54) is 5.56 Å². The van der Waals surface area contributed by atoms with E-state index in [2.05, 4.69) is 55.4 Å². The van der Waals surface area contributed by atoms with Crippen molar-refractivity contribution in [3.05, 3.63) is 42.0 Å². The van der Waals surface area contributed by atoms with E-state index in [1.54, 1.807) is 0 Å². The Morgan fingerprint density at radius 1 is 1.18 bits per heavy atom. The number of ether oxygens (including phenoxy) is 1. The maximum atomic E-state index is 5.50. The van der Waals surface area contributed by atoms with Crippen molar-refractivity contribution < 1.29 is 4.74 Å². The molecule has 0 radical (unpaired) electrons. The summed E-state index contributed by atoms with van der Waals surface area (Å²) in [6.07, 6.45) is 4.51. The SMILES string of the molecule is C[Si](C)(C)C#C[C@@H]1O[C@H]1/C=C/c1ccccc1. The van der Waals surface area contributed by atoms with E-state index in [4.69, 9.17) is 4.74 Å². The molecule has 0 amide bonds. The molecule has 0 N–H and O–H groups in total. The molecule has 2 rings (SSSR count). The molecule has 0 aromatic heterocycles. The van der Waals surface area contributed by atoms with Gasteiger partial charge in [0.25, 0.3) is 0 Å². The van der Waals surface area contributed by atoms with Gasteiger partial charge in [0.2, 0.25) is 0 Å². The summed E-state index contributed by atoms with van der Waals surface area (Å²) in [7, 11) is -1.26. The van der Waals surface area contributed by atoms with Crippen LogP contribution in [0.5, 0.6) is 0 Å². The first-order chi connectivity index (χ1) is 8.04. The lowest BCUT2D eigenvalue weighted by Gasteiger charge is -2.02. The third kappa shape index (κ3) is 4.22. The largest absolute Gasteiger partial charge is 0.351 e. The van der Waals surface area contributed by atoms with Crippen LogP contribution in [0.4, 0.5) is 0 Å². The van der Waals surface area contributed by atoms with Crippen molar-refractivity contribution in [1.29, 1.82) is 0 Å². The molecule has 88 valence electrons. The molecule has 1 fully saturated rings. The number of rotatable bonds is 2. The molecule has 1 aromatic rings. The van der Waals surface area contributed by atoms with Crippen molar-refractivity contribution in [1.82, 2.24) is 0 Å². The standard InChI is InChI=1S/C15H18OSi/c1-17(2,3)12-11-15-14(16-15)10-9-13-7-5-4-6-8-13/h4-10,14-15H,1-3H3/b10-9+/t14-,15-/m0/s1. The Bertz CT molecular complexity index is 459. The van der Waals surface area contributed by atoms with Gasteiger partial charge < -0.3 is 4.74 Å². The molecule has 1 heterocycles. The second-order valence-corrected chi connectivity index (χ2v) is 10.1. The first kappa shape index (κ1) is 12.2. The summed E-state index contributed by atoms with van der Waals surface area (Å²) in [5, 5.41) is 0. The first-order valence-electron chi connectivity index (χ1n) is 5.96. The number of hydrogen-bond acceptors (Lipinski definition) is 1. The summed E-state index contributed by atoms with van der Waals surface area (Å²) in [6.45, 7) is 6.74. The van der Waals surface area contributed by atoms with Crippen molar-refractivity contribution in [2.75, 3.05) is 0 Å². The van der Waals surface area contributed by atoms with E-state index in [0.29, 0.717) is 0 Å². The molecule has 1 saturated heterocycles. The average molecular weight is 242 g/mol. The van der Waals surface area contributed by atoms with E-state index in [1.807, 2.05) is 18.2 Å². The van der Waals surface area contributed by atoms with Crippen LogP contribution < -0.4 is 0 Å². The Morgan fingerprint density at radius 3 is 2.53 bits per heavy atom. The zero-order valence-corrected chi connectivity index (χ0v) is 11.6. The lowest BCUT2D eigenvalue weighted by Crippen LogP contribution is -2.16. The molecule has 1 aliphatic rings. The molecule has 1 aromatic carbocycles. The lowest BCUT2D eigenvalue weighted by atomic mass is 10.2. The molecule has 2 atom stereocenters. The number of epoxide rings is 1. The first-order valence-corrected chi connectivity index (χ1v) is 9.46. The Kier molecular flexibility index (Phi) is 3.51. The van der Waals surface area contributed by atoms with Crippen LogP contribution in [0.3, 0.4) is 0 Å². The number of benzene rings is 1. The van der Waals surface area contributed by atoms with Gasteiger partial charge in [-0.1, -0.05) is 68.0 Å². The molecule has 1 nitrogen and oxygen atoms in total. The Labute approximate surface area is 105 Å². The van der Waals surface area contributed by atoms with Gasteiger partial charge in [0.1, 0.15) is 20.3 Å². The molecule has 17 heavy (non-hydrogen) atoms. The minimum Gasteiger partial charge on any atom is -0.351 e. The fraction of sp³-hybridized carbons (Fsp3) is 0.333. The third-order valence-electron chi connectivity index (χ3n) is 2.39. The van der Waals surface area contributed by atoms with Gasteiger partial charge in [0.05, 0.1) is 0 Å². The quantitative estimate of drug-likeness (QED) is 0.440. The summed E-state index contributed by atoms with van der Waals surface area (Å²) in [5.74, 6) is 3.22. The maximum absolute atomic E-state index is 5.50. The van der Waals surface area contributed by atoms with Crippen LogP contribution in [-0.4, -0.2) is 20.3 Å². The highest BCUT2D eigenvalue weighted by Gasteiger charge is 2.34. The average Bonchev–Trinajstić information content (AvgIpc) is 3.03. The number of hydrogen-bond donors (Lipinski definition) is 0. The van der Waals surface area contributed by atoms with Gasteiger partial charge in [-0.3, -0.25) is 0 Å². The van der Waals surface area contributed by atoms with E-state index >= 15 is 0 Å². The predicted molar refractivity (Wildman–Crippen MR) is 75.3 cm³/mol. The molecule has 2 heteroatoms. The van der Waals surface area contributed by atoms with Crippen molar-refractivity contribution in [3.63, 3.8) is 0 Å². The highest BCUT2D eigenvalue weighted by molar-refractivity contribution is 6.83. The summed E-state index contributed by atoms with van der Waals surface area (Å²) in [5.41, 5.74) is 4.55. The van der Waals surface area contributed by atoms with Gasteiger partial charge in [0, 0.05) is 0 Å². The van der Waals surface area contributed by atoms with Crippen molar-refractivity contribution in [2.45, 2.75) is 31.8 Å². The van der Waals surface area contributed by atoms with Gasteiger partial charge >= 0.3 is 0 Å². The second-order valence-electron chi connectivity index (χ2n) is 5.31. The highest BCUT2D eigenvalue weighted by Crippen LogP contribution is 2.23. The monoisotopic (exact) mass is 242 g/mol. The predicted octanol–water partition coefficient (Wildman–Crippen LogP) is 3.35. The summed E-state index contributed by atoms with van der Waals surface area (Å²) in [6, 6.07) is 10.3. The maximum Gasteiger partial charge on any atom is 0.148 e. The zero-order valence-electron chi connectivity index (χ0n) is 10.6. The Morgan fingerprint density at radius 2 is 1.88 bits per heavy atom. The van der Waals surface area contributed by atoms with Gasteiger partial charge in [-0.2, -0.15) is 0 Å². The molecule has 1 aliphatic heterocycles. The Hall–Kier alpha value is -1.30. The minimum atomic E-state index is -1.26. The molecule has 0 aliphatic carbocycles. The van der Waals surface area contributed by atoms with Gasteiger partial charge in [-0.25, -0.2) is 0 Å². The van der Waals surface area contributed by atoms with Crippen LogP contribution >= 0.6 is 0 Å². The summed E-state index contributed by atoms with van der Waals surface area (Å²) < 4.78 is 5.50. The van der Waals surface area contributed by atoms with Crippen molar-refractivity contribution in [3.8, 4) is 11.5 Å². The van der Waals surface area contributed by atoms with Crippen LogP contribution in [0.15, 0.2) is 36.4 Å². The van der Waals surface area contributed by atoms with Crippen LogP contribution in [0.1, 0.15) is 5.56 Å². The molecular weight excluding hydrogens is 224 g/mol. The lowest BCUT2D eigenvalue weighted by molar-refractivity contribution is 0.418. The fourth-order valence-corrected chi connectivity index (χ4v) is 2.02. The van der Waals surface area contributed by atoms with E-state index in [9.17, 15) is 0 Å². The zero-order chi connectivity index (χ0) is 12.3. The molecular formula is C15H18OSi. The second kappa shape index (κ2) is 4.91. The van der Waals surface area contributed by atoms with Gasteiger partial charge in [-0.05, 0) is 5.56 Å². The van der Waals surface area contributed by atoms with Crippen LogP contribution in [-0.2, 0) is 4.74 Å². The topological polar surface area (TPSA) is 12.5 Å². The van der Waals surface area contributed by atoms with Crippen LogP contribution in [0.25, 0.3) is 6.08 Å². The molecule has 0 spiro atoms. The van der Waals surface area contributed by atoms with Crippen LogP contribution in [0, 0.1) is 11.5 Å².